The minimum absolute atomic E-state index is 0.0209. The summed E-state index contributed by atoms with van der Waals surface area (Å²) in [4.78, 5) is 51.0. The maximum atomic E-state index is 13.4. The van der Waals surface area contributed by atoms with Crippen LogP contribution in [0.2, 0.25) is 0 Å². The first-order chi connectivity index (χ1) is 22.2. The van der Waals surface area contributed by atoms with E-state index in [1.807, 2.05) is 34.9 Å². The number of nitro benzene ring substituents is 1. The van der Waals surface area contributed by atoms with Gasteiger partial charge >= 0.3 is 5.97 Å². The van der Waals surface area contributed by atoms with Crippen molar-refractivity contribution < 1.29 is 24.0 Å². The van der Waals surface area contributed by atoms with Crippen molar-refractivity contribution in [2.24, 2.45) is 0 Å². The number of nitrogens with one attached hydrogen (secondary N) is 2. The topological polar surface area (TPSA) is 158 Å². The largest absolute Gasteiger partial charge is 0.462 e. The van der Waals surface area contributed by atoms with Crippen LogP contribution in [-0.2, 0) is 41.9 Å². The van der Waals surface area contributed by atoms with Crippen LogP contribution in [-0.4, -0.2) is 49.3 Å². The number of benzene rings is 2. The van der Waals surface area contributed by atoms with E-state index < -0.39 is 22.0 Å². The number of ether oxygens (including phenoxy) is 1. The van der Waals surface area contributed by atoms with Gasteiger partial charge in [-0.1, -0.05) is 48.2 Å². The molecule has 0 saturated heterocycles. The van der Waals surface area contributed by atoms with Gasteiger partial charge in [0.2, 0.25) is 5.91 Å². The van der Waals surface area contributed by atoms with Crippen LogP contribution in [0.5, 0.6) is 0 Å². The summed E-state index contributed by atoms with van der Waals surface area (Å²) < 4.78 is 7.16. The SMILES string of the molecule is CCOC(=O)c1c(NC(=O)[C@@H](C)Sc2nnc(CNC(=O)c3ccc(C)c([N+](=O)[O-])c3)n2CCc2ccccc2)sc2c1CCC2. The zero-order valence-corrected chi connectivity index (χ0v) is 27.3. The zero-order chi connectivity index (χ0) is 32.8. The Labute approximate surface area is 274 Å². The number of anilines is 1. The summed E-state index contributed by atoms with van der Waals surface area (Å²) in [6, 6.07) is 14.2. The van der Waals surface area contributed by atoms with Crippen molar-refractivity contribution in [3.63, 3.8) is 0 Å². The molecule has 5 rings (SSSR count). The average molecular weight is 663 g/mol. The zero-order valence-electron chi connectivity index (χ0n) is 25.7. The molecule has 2 aromatic carbocycles. The molecule has 2 heterocycles. The van der Waals surface area contributed by atoms with Crippen molar-refractivity contribution in [1.29, 1.82) is 0 Å². The summed E-state index contributed by atoms with van der Waals surface area (Å²) in [7, 11) is 0. The van der Waals surface area contributed by atoms with E-state index in [2.05, 4.69) is 20.8 Å². The number of aromatic nitrogens is 3. The molecule has 0 fully saturated rings. The van der Waals surface area contributed by atoms with E-state index in [1.54, 1.807) is 20.8 Å². The van der Waals surface area contributed by atoms with Crippen molar-refractivity contribution >= 4 is 51.6 Å². The van der Waals surface area contributed by atoms with Crippen LogP contribution < -0.4 is 10.6 Å². The number of amides is 2. The van der Waals surface area contributed by atoms with E-state index >= 15 is 0 Å². The van der Waals surface area contributed by atoms with Crippen LogP contribution in [0.1, 0.15) is 68.4 Å². The summed E-state index contributed by atoms with van der Waals surface area (Å²) in [5.74, 6) is -0.725. The molecule has 2 amide bonds. The van der Waals surface area contributed by atoms with E-state index in [0.717, 1.165) is 35.3 Å². The number of hydrogen-bond donors (Lipinski definition) is 2. The van der Waals surface area contributed by atoms with Crippen LogP contribution in [0.15, 0.2) is 53.7 Å². The van der Waals surface area contributed by atoms with Crippen LogP contribution in [0, 0.1) is 17.0 Å². The first-order valence-electron chi connectivity index (χ1n) is 14.9. The Balaban J connectivity index is 1.32. The minimum atomic E-state index is -0.595. The van der Waals surface area contributed by atoms with Gasteiger partial charge in [-0.15, -0.1) is 21.5 Å². The lowest BCUT2D eigenvalue weighted by molar-refractivity contribution is -0.385. The van der Waals surface area contributed by atoms with Crippen LogP contribution in [0.3, 0.4) is 0 Å². The number of thiophene rings is 1. The summed E-state index contributed by atoms with van der Waals surface area (Å²) >= 11 is 2.65. The monoisotopic (exact) mass is 662 g/mol. The van der Waals surface area contributed by atoms with Gasteiger partial charge in [0.25, 0.3) is 11.6 Å². The molecule has 0 radical (unpaired) electrons. The molecule has 240 valence electrons. The molecule has 0 aliphatic heterocycles. The quantitative estimate of drug-likeness (QED) is 0.0815. The predicted molar refractivity (Wildman–Crippen MR) is 175 cm³/mol. The lowest BCUT2D eigenvalue weighted by Gasteiger charge is -2.14. The van der Waals surface area contributed by atoms with Gasteiger partial charge in [-0.05, 0) is 63.6 Å². The molecule has 0 spiro atoms. The van der Waals surface area contributed by atoms with Crippen LogP contribution >= 0.6 is 23.1 Å². The number of rotatable bonds is 13. The Hall–Kier alpha value is -4.56. The van der Waals surface area contributed by atoms with Crippen LogP contribution in [0.4, 0.5) is 10.7 Å². The van der Waals surface area contributed by atoms with Gasteiger partial charge in [0, 0.05) is 28.6 Å². The summed E-state index contributed by atoms with van der Waals surface area (Å²) in [6.45, 7) is 5.88. The van der Waals surface area contributed by atoms with Crippen molar-refractivity contribution in [3.8, 4) is 0 Å². The predicted octanol–water partition coefficient (Wildman–Crippen LogP) is 5.51. The third-order valence-electron chi connectivity index (χ3n) is 7.62. The highest BCUT2D eigenvalue weighted by Crippen LogP contribution is 2.40. The second kappa shape index (κ2) is 14.7. The van der Waals surface area contributed by atoms with Gasteiger partial charge < -0.3 is 19.9 Å². The van der Waals surface area contributed by atoms with Crippen molar-refractivity contribution in [2.75, 3.05) is 11.9 Å². The molecule has 1 aliphatic carbocycles. The molecule has 0 bridgehead atoms. The van der Waals surface area contributed by atoms with Gasteiger partial charge in [0.1, 0.15) is 5.00 Å². The number of nitro groups is 1. The Morgan fingerprint density at radius 3 is 2.67 bits per heavy atom. The molecule has 0 unspecified atom stereocenters. The molecule has 2 N–H and O–H groups in total. The fraction of sp³-hybridized carbons (Fsp3) is 0.344. The minimum Gasteiger partial charge on any atom is -0.462 e. The Kier molecular flexibility index (Phi) is 10.5. The Morgan fingerprint density at radius 1 is 1.15 bits per heavy atom. The molecular formula is C32H34N6O6S2. The number of aryl methyl sites for hydroxylation is 3. The molecule has 1 aliphatic rings. The second-order valence-electron chi connectivity index (χ2n) is 10.8. The molecule has 0 saturated carbocycles. The van der Waals surface area contributed by atoms with E-state index in [9.17, 15) is 24.5 Å². The third-order valence-corrected chi connectivity index (χ3v) is 9.91. The van der Waals surface area contributed by atoms with Crippen molar-refractivity contribution in [1.82, 2.24) is 20.1 Å². The Morgan fingerprint density at radius 2 is 1.93 bits per heavy atom. The van der Waals surface area contributed by atoms with Crippen molar-refractivity contribution in [2.45, 2.75) is 70.0 Å². The number of hydrogen-bond acceptors (Lipinski definition) is 10. The smallest absolute Gasteiger partial charge is 0.341 e. The van der Waals surface area contributed by atoms with Gasteiger partial charge in [-0.2, -0.15) is 0 Å². The molecule has 2 aromatic heterocycles. The fourth-order valence-electron chi connectivity index (χ4n) is 5.19. The number of esters is 1. The summed E-state index contributed by atoms with van der Waals surface area (Å²) in [6.07, 6.45) is 3.28. The summed E-state index contributed by atoms with van der Waals surface area (Å²) in [5, 5.41) is 26.2. The standard InChI is InChI=1S/C32H34N6O6S2/c1-4-44-31(41)27-23-11-8-12-25(23)46-30(27)34-28(39)20(3)45-32-36-35-26(37(32)16-15-21-9-6-5-7-10-21)18-33-29(40)22-14-13-19(2)24(17-22)38(42)43/h5-7,9-10,13-14,17,20H,4,8,11-12,15-16,18H2,1-3H3,(H,33,40)(H,34,39)/t20-/m1/s1. The molecule has 46 heavy (non-hydrogen) atoms. The number of carbonyl (C=O) groups is 3. The van der Waals surface area contributed by atoms with E-state index in [4.69, 9.17) is 4.74 Å². The first-order valence-corrected chi connectivity index (χ1v) is 16.6. The normalized spacial score (nSPS) is 12.8. The highest BCUT2D eigenvalue weighted by Gasteiger charge is 2.30. The van der Waals surface area contributed by atoms with Crippen molar-refractivity contribution in [3.05, 3.63) is 97.2 Å². The van der Waals surface area contributed by atoms with Crippen LogP contribution in [0.25, 0.3) is 0 Å². The number of carbonyl (C=O) groups excluding carboxylic acids is 3. The average Bonchev–Trinajstić information content (AvgIpc) is 3.74. The summed E-state index contributed by atoms with van der Waals surface area (Å²) in [5.41, 5.74) is 3.00. The number of thioether (sulfide) groups is 1. The lowest BCUT2D eigenvalue weighted by atomic mass is 10.1. The third kappa shape index (κ3) is 7.45. The highest BCUT2D eigenvalue weighted by atomic mass is 32.2. The van der Waals surface area contributed by atoms with Gasteiger partial charge in [0.05, 0.1) is 28.9 Å². The van der Waals surface area contributed by atoms with E-state index in [0.29, 0.717) is 40.1 Å². The Bertz CT molecular complexity index is 1770. The second-order valence-corrected chi connectivity index (χ2v) is 13.2. The van der Waals surface area contributed by atoms with Gasteiger partial charge in [0.15, 0.2) is 11.0 Å². The molecule has 1 atom stereocenters. The van der Waals surface area contributed by atoms with E-state index in [1.165, 1.54) is 41.3 Å². The van der Waals surface area contributed by atoms with Gasteiger partial charge in [-0.3, -0.25) is 19.7 Å². The van der Waals surface area contributed by atoms with E-state index in [-0.39, 0.29) is 30.3 Å². The number of fused-ring (bicyclic) bond motifs is 1. The molecular weight excluding hydrogens is 629 g/mol. The maximum Gasteiger partial charge on any atom is 0.341 e. The van der Waals surface area contributed by atoms with Gasteiger partial charge in [-0.25, -0.2) is 4.79 Å². The lowest BCUT2D eigenvalue weighted by Crippen LogP contribution is -2.26. The first kappa shape index (κ1) is 32.8. The molecule has 4 aromatic rings. The highest BCUT2D eigenvalue weighted by molar-refractivity contribution is 8.00. The molecule has 12 nitrogen and oxygen atoms in total. The molecule has 14 heteroatoms. The fourth-order valence-corrected chi connectivity index (χ4v) is 7.37. The maximum absolute atomic E-state index is 13.4. The number of nitrogens with zero attached hydrogens (tertiary/aromatic N) is 4.